The highest BCUT2D eigenvalue weighted by molar-refractivity contribution is 6.00. The van der Waals surface area contributed by atoms with Crippen LogP contribution in [-0.2, 0) is 4.79 Å². The number of carbonyl (C=O) groups is 1. The van der Waals surface area contributed by atoms with Crippen molar-refractivity contribution < 1.29 is 19.0 Å². The fraction of sp³-hybridized carbons (Fsp3) is 0.304. The Morgan fingerprint density at radius 3 is 2.41 bits per heavy atom. The molecule has 0 aliphatic heterocycles. The predicted octanol–water partition coefficient (Wildman–Crippen LogP) is 4.06. The predicted molar refractivity (Wildman–Crippen MR) is 112 cm³/mol. The minimum Gasteiger partial charge on any atom is -0.493 e. The molecule has 2 rings (SSSR count). The van der Waals surface area contributed by atoms with Crippen LogP contribution in [0.25, 0.3) is 6.08 Å². The third kappa shape index (κ3) is 6.28. The van der Waals surface area contributed by atoms with Gasteiger partial charge in [0.2, 0.25) is 0 Å². The molecular formula is C23H26N2O4. The van der Waals surface area contributed by atoms with E-state index in [1.807, 2.05) is 12.1 Å². The van der Waals surface area contributed by atoms with Crippen molar-refractivity contribution in [3.05, 3.63) is 59.2 Å². The fourth-order valence-electron chi connectivity index (χ4n) is 2.66. The molecule has 1 amide bonds. The number of methoxy groups -OCH3 is 1. The summed E-state index contributed by atoms with van der Waals surface area (Å²) in [6, 6.07) is 15.0. The Labute approximate surface area is 171 Å². The second kappa shape index (κ2) is 10.8. The summed E-state index contributed by atoms with van der Waals surface area (Å²) in [4.78, 5) is 11.2. The van der Waals surface area contributed by atoms with Gasteiger partial charge in [0.1, 0.15) is 30.6 Å². The van der Waals surface area contributed by atoms with E-state index in [9.17, 15) is 4.79 Å². The van der Waals surface area contributed by atoms with Gasteiger partial charge < -0.3 is 19.9 Å². The van der Waals surface area contributed by atoms with Crippen molar-refractivity contribution in [3.63, 3.8) is 0 Å². The Kier molecular flexibility index (Phi) is 8.11. The van der Waals surface area contributed by atoms with Crippen molar-refractivity contribution in [3.8, 4) is 23.3 Å². The molecule has 2 N–H and O–H groups in total. The standard InChI is InChI=1S/C23H26N2O4/c1-4-16(2)18-6-8-20(9-7-18)28-11-12-29-21-10-5-17(14-22(21)27-3)13-19(15-24)23(25)26/h5-10,13-14,16H,4,11-12H2,1-3H3,(H2,25,26)/b19-13+. The van der Waals surface area contributed by atoms with Crippen molar-refractivity contribution in [2.45, 2.75) is 26.2 Å². The topological polar surface area (TPSA) is 94.6 Å². The summed E-state index contributed by atoms with van der Waals surface area (Å²) in [5.41, 5.74) is 6.93. The molecule has 0 bridgehead atoms. The first-order chi connectivity index (χ1) is 14.0. The van der Waals surface area contributed by atoms with E-state index in [0.29, 0.717) is 36.2 Å². The lowest BCUT2D eigenvalue weighted by atomic mass is 9.99. The van der Waals surface area contributed by atoms with Gasteiger partial charge in [0, 0.05) is 0 Å². The van der Waals surface area contributed by atoms with Gasteiger partial charge in [-0.3, -0.25) is 4.79 Å². The number of nitrogens with two attached hydrogens (primary N) is 1. The molecule has 0 spiro atoms. The highest BCUT2D eigenvalue weighted by Crippen LogP contribution is 2.29. The normalized spacial score (nSPS) is 12.0. The van der Waals surface area contributed by atoms with Crippen LogP contribution in [0.3, 0.4) is 0 Å². The van der Waals surface area contributed by atoms with Crippen LogP contribution in [0.15, 0.2) is 48.0 Å². The average molecular weight is 394 g/mol. The Hall–Kier alpha value is -3.46. The fourth-order valence-corrected chi connectivity index (χ4v) is 2.66. The number of hydrogen-bond acceptors (Lipinski definition) is 5. The minimum atomic E-state index is -0.777. The molecule has 0 aliphatic carbocycles. The summed E-state index contributed by atoms with van der Waals surface area (Å²) in [6.45, 7) is 5.09. The van der Waals surface area contributed by atoms with Gasteiger partial charge >= 0.3 is 0 Å². The minimum absolute atomic E-state index is 0.131. The number of rotatable bonds is 10. The van der Waals surface area contributed by atoms with Crippen molar-refractivity contribution in [1.82, 2.24) is 0 Å². The maximum Gasteiger partial charge on any atom is 0.259 e. The molecule has 0 fully saturated rings. The highest BCUT2D eigenvalue weighted by atomic mass is 16.5. The Morgan fingerprint density at radius 1 is 1.14 bits per heavy atom. The Balaban J connectivity index is 1.93. The van der Waals surface area contributed by atoms with E-state index in [2.05, 4.69) is 26.0 Å². The van der Waals surface area contributed by atoms with Crippen LogP contribution in [0, 0.1) is 11.3 Å². The molecule has 1 atom stereocenters. The van der Waals surface area contributed by atoms with Gasteiger partial charge in [0.25, 0.3) is 5.91 Å². The number of benzene rings is 2. The van der Waals surface area contributed by atoms with Crippen LogP contribution in [0.1, 0.15) is 37.3 Å². The molecular weight excluding hydrogens is 368 g/mol. The maximum atomic E-state index is 11.2. The van der Waals surface area contributed by atoms with E-state index in [0.717, 1.165) is 12.2 Å². The molecule has 1 unspecified atom stereocenters. The van der Waals surface area contributed by atoms with E-state index in [-0.39, 0.29) is 5.57 Å². The molecule has 0 heterocycles. The van der Waals surface area contributed by atoms with Gasteiger partial charge in [0.15, 0.2) is 11.5 Å². The monoisotopic (exact) mass is 394 g/mol. The molecule has 152 valence electrons. The van der Waals surface area contributed by atoms with Crippen molar-refractivity contribution in [1.29, 1.82) is 5.26 Å². The molecule has 0 radical (unpaired) electrons. The third-order valence-electron chi connectivity index (χ3n) is 4.56. The van der Waals surface area contributed by atoms with Crippen LogP contribution in [-0.4, -0.2) is 26.2 Å². The molecule has 6 nitrogen and oxygen atoms in total. The highest BCUT2D eigenvalue weighted by Gasteiger charge is 2.08. The second-order valence-corrected chi connectivity index (χ2v) is 6.52. The summed E-state index contributed by atoms with van der Waals surface area (Å²) in [6.07, 6.45) is 2.51. The van der Waals surface area contributed by atoms with Crippen LogP contribution in [0.2, 0.25) is 0 Å². The summed E-state index contributed by atoms with van der Waals surface area (Å²) in [5, 5.41) is 8.94. The first-order valence-corrected chi connectivity index (χ1v) is 9.43. The van der Waals surface area contributed by atoms with E-state index < -0.39 is 5.91 Å². The van der Waals surface area contributed by atoms with Crippen LogP contribution < -0.4 is 19.9 Å². The molecule has 29 heavy (non-hydrogen) atoms. The van der Waals surface area contributed by atoms with Crippen molar-refractivity contribution >= 4 is 12.0 Å². The molecule has 0 saturated carbocycles. The lowest BCUT2D eigenvalue weighted by molar-refractivity contribution is -0.114. The van der Waals surface area contributed by atoms with E-state index >= 15 is 0 Å². The zero-order valence-corrected chi connectivity index (χ0v) is 17.0. The molecule has 6 heteroatoms. The number of hydrogen-bond donors (Lipinski definition) is 1. The number of nitriles is 1. The van der Waals surface area contributed by atoms with Gasteiger partial charge in [-0.25, -0.2) is 0 Å². The molecule has 2 aromatic carbocycles. The number of nitrogens with zero attached hydrogens (tertiary/aromatic N) is 1. The number of primary amides is 1. The number of carbonyl (C=O) groups excluding carboxylic acids is 1. The van der Waals surface area contributed by atoms with E-state index in [1.165, 1.54) is 18.7 Å². The summed E-state index contributed by atoms with van der Waals surface area (Å²) in [7, 11) is 1.52. The zero-order valence-electron chi connectivity index (χ0n) is 17.0. The lowest BCUT2D eigenvalue weighted by Crippen LogP contribution is -2.12. The second-order valence-electron chi connectivity index (χ2n) is 6.52. The smallest absolute Gasteiger partial charge is 0.259 e. The molecule has 0 aliphatic rings. The quantitative estimate of drug-likeness (QED) is 0.372. The van der Waals surface area contributed by atoms with Gasteiger partial charge in [0.05, 0.1) is 7.11 Å². The first-order valence-electron chi connectivity index (χ1n) is 9.43. The summed E-state index contributed by atoms with van der Waals surface area (Å²) >= 11 is 0. The van der Waals surface area contributed by atoms with Crippen molar-refractivity contribution in [2.24, 2.45) is 5.73 Å². The summed E-state index contributed by atoms with van der Waals surface area (Å²) < 4.78 is 16.8. The third-order valence-corrected chi connectivity index (χ3v) is 4.56. The van der Waals surface area contributed by atoms with E-state index in [1.54, 1.807) is 24.3 Å². The molecule has 0 saturated heterocycles. The van der Waals surface area contributed by atoms with Gasteiger partial charge in [-0.1, -0.05) is 32.0 Å². The lowest BCUT2D eigenvalue weighted by Gasteiger charge is -2.13. The number of amides is 1. The van der Waals surface area contributed by atoms with Crippen molar-refractivity contribution in [2.75, 3.05) is 20.3 Å². The SMILES string of the molecule is CCC(C)c1ccc(OCCOc2ccc(/C=C(\C#N)C(N)=O)cc2OC)cc1. The Morgan fingerprint density at radius 2 is 1.83 bits per heavy atom. The number of ether oxygens (including phenoxy) is 3. The van der Waals surface area contributed by atoms with Gasteiger partial charge in [-0.05, 0) is 53.8 Å². The maximum absolute atomic E-state index is 11.2. The zero-order chi connectivity index (χ0) is 21.2. The molecule has 0 aromatic heterocycles. The molecule has 2 aromatic rings. The van der Waals surface area contributed by atoms with Crippen LogP contribution in [0.5, 0.6) is 17.2 Å². The van der Waals surface area contributed by atoms with Crippen LogP contribution in [0.4, 0.5) is 0 Å². The Bertz CT molecular complexity index is 898. The van der Waals surface area contributed by atoms with E-state index in [4.69, 9.17) is 25.2 Å². The average Bonchev–Trinajstić information content (AvgIpc) is 2.75. The largest absolute Gasteiger partial charge is 0.493 e. The van der Waals surface area contributed by atoms with Crippen LogP contribution >= 0.6 is 0 Å². The summed E-state index contributed by atoms with van der Waals surface area (Å²) in [5.74, 6) is 1.57. The van der Waals surface area contributed by atoms with Gasteiger partial charge in [-0.15, -0.1) is 0 Å². The van der Waals surface area contributed by atoms with Gasteiger partial charge in [-0.2, -0.15) is 5.26 Å². The first kappa shape index (κ1) is 21.8.